The summed E-state index contributed by atoms with van der Waals surface area (Å²) in [6, 6.07) is 4.28. The molecule has 5 nitrogen and oxygen atoms in total. The Balaban J connectivity index is 2.70. The van der Waals surface area contributed by atoms with Gasteiger partial charge in [0.05, 0.1) is 5.56 Å². The van der Waals surface area contributed by atoms with Gasteiger partial charge in [0.2, 0.25) is 0 Å². The second kappa shape index (κ2) is 7.69. The van der Waals surface area contributed by atoms with Crippen LogP contribution in [0.2, 0.25) is 0 Å². The molecule has 0 aliphatic heterocycles. The molecule has 0 radical (unpaired) electrons. The van der Waals surface area contributed by atoms with E-state index in [1.807, 2.05) is 0 Å². The lowest BCUT2D eigenvalue weighted by Crippen LogP contribution is -2.32. The third-order valence-electron chi connectivity index (χ3n) is 2.64. The van der Waals surface area contributed by atoms with Gasteiger partial charge in [-0.25, -0.2) is 9.59 Å². The van der Waals surface area contributed by atoms with Crippen molar-refractivity contribution in [2.75, 3.05) is 18.9 Å². The Bertz CT molecular complexity index is 517. The van der Waals surface area contributed by atoms with Crippen LogP contribution in [0, 0.1) is 0 Å². The minimum atomic E-state index is -1.04. The topological polar surface area (TPSA) is 69.6 Å². The summed E-state index contributed by atoms with van der Waals surface area (Å²) in [5.41, 5.74) is 0.557. The van der Waals surface area contributed by atoms with Crippen molar-refractivity contribution in [1.82, 2.24) is 4.90 Å². The average molecular weight is 341 g/mol. The highest BCUT2D eigenvalue weighted by Gasteiger charge is 2.11. The van der Waals surface area contributed by atoms with E-state index in [0.717, 1.165) is 12.8 Å². The summed E-state index contributed by atoms with van der Waals surface area (Å²) in [6.07, 6.45) is 3.49. The number of urea groups is 1. The number of halogens is 1. The summed E-state index contributed by atoms with van der Waals surface area (Å²) >= 11 is 3.22. The van der Waals surface area contributed by atoms with Crippen LogP contribution < -0.4 is 5.32 Å². The Labute approximate surface area is 126 Å². The van der Waals surface area contributed by atoms with Crippen molar-refractivity contribution < 1.29 is 14.7 Å². The zero-order valence-electron chi connectivity index (χ0n) is 11.2. The fourth-order valence-electron chi connectivity index (χ4n) is 1.58. The molecule has 1 aromatic rings. The molecule has 2 N–H and O–H groups in total. The first-order chi connectivity index (χ1) is 9.43. The van der Waals surface area contributed by atoms with Crippen LogP contribution in [-0.2, 0) is 0 Å². The summed E-state index contributed by atoms with van der Waals surface area (Å²) < 4.78 is 0.599. The van der Waals surface area contributed by atoms with Gasteiger partial charge in [0.1, 0.15) is 0 Å². The number of nitrogens with zero attached hydrogens (tertiary/aromatic N) is 1. The van der Waals surface area contributed by atoms with E-state index in [1.54, 1.807) is 24.1 Å². The molecule has 0 saturated heterocycles. The molecule has 0 aromatic heterocycles. The molecule has 0 aliphatic carbocycles. The monoisotopic (exact) mass is 340 g/mol. The Morgan fingerprint density at radius 3 is 2.75 bits per heavy atom. The minimum Gasteiger partial charge on any atom is -0.478 e. The van der Waals surface area contributed by atoms with Gasteiger partial charge >= 0.3 is 12.0 Å². The van der Waals surface area contributed by atoms with Crippen molar-refractivity contribution in [3.05, 3.63) is 40.9 Å². The highest BCUT2D eigenvalue weighted by Crippen LogP contribution is 2.20. The highest BCUT2D eigenvalue weighted by atomic mass is 79.9. The maximum absolute atomic E-state index is 11.9. The Kier molecular flexibility index (Phi) is 6.24. The molecule has 0 atom stereocenters. The number of carbonyl (C=O) groups excluding carboxylic acids is 1. The molecule has 1 rings (SSSR count). The molecule has 20 heavy (non-hydrogen) atoms. The number of carboxylic acid groups (broad SMARTS) is 1. The lowest BCUT2D eigenvalue weighted by molar-refractivity contribution is 0.0697. The van der Waals surface area contributed by atoms with E-state index < -0.39 is 5.97 Å². The smallest absolute Gasteiger partial charge is 0.335 e. The fraction of sp³-hybridized carbons (Fsp3) is 0.286. The van der Waals surface area contributed by atoms with Crippen molar-refractivity contribution in [2.45, 2.75) is 12.8 Å². The average Bonchev–Trinajstić information content (AvgIpc) is 2.38. The Hall–Kier alpha value is -1.82. The maximum Gasteiger partial charge on any atom is 0.335 e. The van der Waals surface area contributed by atoms with Gasteiger partial charge in [-0.2, -0.15) is 0 Å². The normalized spacial score (nSPS) is 9.90. The van der Waals surface area contributed by atoms with Gasteiger partial charge in [-0.3, -0.25) is 0 Å². The standard InChI is InChI=1S/C14H17BrN2O3/c1-3-4-5-6-17(2)14(20)16-12-8-10(13(18)19)7-11(15)9-12/h3,7-9H,1,4-6H2,2H3,(H,16,20)(H,18,19). The van der Waals surface area contributed by atoms with E-state index in [4.69, 9.17) is 5.11 Å². The van der Waals surface area contributed by atoms with Gasteiger partial charge in [-0.1, -0.05) is 22.0 Å². The third-order valence-corrected chi connectivity index (χ3v) is 3.10. The van der Waals surface area contributed by atoms with Crippen LogP contribution in [0.5, 0.6) is 0 Å². The van der Waals surface area contributed by atoms with Crippen LogP contribution in [0.3, 0.4) is 0 Å². The number of aromatic carboxylic acids is 1. The lowest BCUT2D eigenvalue weighted by atomic mass is 10.2. The van der Waals surface area contributed by atoms with Gasteiger partial charge < -0.3 is 15.3 Å². The molecule has 0 spiro atoms. The number of unbranched alkanes of at least 4 members (excludes halogenated alkanes) is 1. The molecule has 0 unspecified atom stereocenters. The predicted octanol–water partition coefficient (Wildman–Crippen LogP) is 3.58. The number of nitrogens with one attached hydrogen (secondary N) is 1. The van der Waals surface area contributed by atoms with Crippen molar-refractivity contribution in [1.29, 1.82) is 0 Å². The van der Waals surface area contributed by atoms with E-state index >= 15 is 0 Å². The van der Waals surface area contributed by atoms with Gasteiger partial charge in [0.25, 0.3) is 0 Å². The summed E-state index contributed by atoms with van der Waals surface area (Å²) in [6.45, 7) is 4.23. The first-order valence-electron chi connectivity index (χ1n) is 6.11. The third kappa shape index (κ3) is 5.05. The van der Waals surface area contributed by atoms with Crippen molar-refractivity contribution in [3.63, 3.8) is 0 Å². The zero-order valence-corrected chi connectivity index (χ0v) is 12.8. The van der Waals surface area contributed by atoms with E-state index in [-0.39, 0.29) is 11.6 Å². The van der Waals surface area contributed by atoms with E-state index in [0.29, 0.717) is 16.7 Å². The number of allylic oxidation sites excluding steroid dienone is 1. The Morgan fingerprint density at radius 2 is 2.15 bits per heavy atom. The van der Waals surface area contributed by atoms with Crippen LogP contribution in [0.25, 0.3) is 0 Å². The number of hydrogen-bond acceptors (Lipinski definition) is 2. The van der Waals surface area contributed by atoms with Crippen LogP contribution in [0.15, 0.2) is 35.3 Å². The van der Waals surface area contributed by atoms with Gasteiger partial charge in [0, 0.05) is 23.8 Å². The van der Waals surface area contributed by atoms with Gasteiger partial charge in [-0.15, -0.1) is 6.58 Å². The molecule has 0 heterocycles. The summed E-state index contributed by atoms with van der Waals surface area (Å²) in [4.78, 5) is 24.4. The quantitative estimate of drug-likeness (QED) is 0.614. The molecular formula is C14H17BrN2O3. The van der Waals surface area contributed by atoms with Crippen LogP contribution in [0.4, 0.5) is 10.5 Å². The fourth-order valence-corrected chi connectivity index (χ4v) is 2.07. The number of hydrogen-bond donors (Lipinski definition) is 2. The molecule has 0 aliphatic rings. The second-order valence-electron chi connectivity index (χ2n) is 4.32. The van der Waals surface area contributed by atoms with E-state index in [9.17, 15) is 9.59 Å². The van der Waals surface area contributed by atoms with Crippen molar-refractivity contribution >= 4 is 33.6 Å². The number of carboxylic acids is 1. The number of anilines is 1. The molecular weight excluding hydrogens is 324 g/mol. The van der Waals surface area contributed by atoms with E-state index in [2.05, 4.69) is 27.8 Å². The summed E-state index contributed by atoms with van der Waals surface area (Å²) in [7, 11) is 1.69. The molecule has 6 heteroatoms. The number of amides is 2. The summed E-state index contributed by atoms with van der Waals surface area (Å²) in [5.74, 6) is -1.04. The molecule has 0 bridgehead atoms. The highest BCUT2D eigenvalue weighted by molar-refractivity contribution is 9.10. The first-order valence-corrected chi connectivity index (χ1v) is 6.90. The molecule has 108 valence electrons. The maximum atomic E-state index is 11.9. The van der Waals surface area contributed by atoms with Crippen LogP contribution in [0.1, 0.15) is 23.2 Å². The largest absolute Gasteiger partial charge is 0.478 e. The van der Waals surface area contributed by atoms with E-state index in [1.165, 1.54) is 12.1 Å². The second-order valence-corrected chi connectivity index (χ2v) is 5.23. The van der Waals surface area contributed by atoms with Crippen molar-refractivity contribution in [3.8, 4) is 0 Å². The molecule has 1 aromatic carbocycles. The van der Waals surface area contributed by atoms with Crippen molar-refractivity contribution in [2.24, 2.45) is 0 Å². The molecule has 0 fully saturated rings. The number of carbonyl (C=O) groups is 2. The van der Waals surface area contributed by atoms with Crippen LogP contribution in [-0.4, -0.2) is 35.6 Å². The van der Waals surface area contributed by atoms with Gasteiger partial charge in [-0.05, 0) is 31.0 Å². The molecule has 2 amide bonds. The predicted molar refractivity (Wildman–Crippen MR) is 82.2 cm³/mol. The van der Waals surface area contributed by atoms with Gasteiger partial charge in [0.15, 0.2) is 0 Å². The zero-order chi connectivity index (χ0) is 15.1. The minimum absolute atomic E-state index is 0.115. The number of benzene rings is 1. The lowest BCUT2D eigenvalue weighted by Gasteiger charge is -2.17. The molecule has 0 saturated carbocycles. The number of rotatable bonds is 6. The van der Waals surface area contributed by atoms with Crippen LogP contribution >= 0.6 is 15.9 Å². The SMILES string of the molecule is C=CCCCN(C)C(=O)Nc1cc(Br)cc(C(=O)O)c1. The first kappa shape index (κ1) is 16.2. The Morgan fingerprint density at radius 1 is 1.45 bits per heavy atom. The summed E-state index contributed by atoms with van der Waals surface area (Å²) in [5, 5.41) is 11.6.